The molecule has 0 atom stereocenters. The third-order valence-electron chi connectivity index (χ3n) is 3.99. The minimum atomic E-state index is -0.842. The molecular formula is C21H13F2N3. The van der Waals surface area contributed by atoms with Crippen molar-refractivity contribution in [1.29, 1.82) is 0 Å². The van der Waals surface area contributed by atoms with Crippen LogP contribution in [-0.2, 0) is 6.42 Å². The van der Waals surface area contributed by atoms with Crippen LogP contribution in [0.1, 0.15) is 22.5 Å². The standard InChI is InChI=1S/C21H13F2N3/c22-18-7-4-15(13-19(18)23)11-14-5-8-20-17(12-14)21(26-25-20)9-6-16-3-1-2-10-24-16/h1-5,7-8,10,12-13H,11H2,(H,25,26). The SMILES string of the molecule is Fc1ccc(Cc2ccc3[nH]nc(C#Cc4ccccn4)c3c2)cc1F. The van der Waals surface area contributed by atoms with Crippen LogP contribution in [0, 0.1) is 23.5 Å². The molecule has 0 aliphatic carbocycles. The first-order valence-corrected chi connectivity index (χ1v) is 8.03. The molecule has 2 heterocycles. The van der Waals surface area contributed by atoms with Crippen molar-refractivity contribution in [2.45, 2.75) is 6.42 Å². The van der Waals surface area contributed by atoms with Crippen molar-refractivity contribution in [2.75, 3.05) is 0 Å². The van der Waals surface area contributed by atoms with Crippen LogP contribution in [0.15, 0.2) is 60.8 Å². The normalized spacial score (nSPS) is 10.5. The highest BCUT2D eigenvalue weighted by molar-refractivity contribution is 5.84. The molecule has 4 aromatic rings. The summed E-state index contributed by atoms with van der Waals surface area (Å²) in [6, 6.07) is 15.3. The smallest absolute Gasteiger partial charge is 0.159 e. The van der Waals surface area contributed by atoms with Gasteiger partial charge in [0.2, 0.25) is 0 Å². The molecule has 0 radical (unpaired) electrons. The Morgan fingerprint density at radius 1 is 0.885 bits per heavy atom. The van der Waals surface area contributed by atoms with E-state index in [0.717, 1.165) is 22.5 Å². The largest absolute Gasteiger partial charge is 0.277 e. The molecule has 0 fully saturated rings. The summed E-state index contributed by atoms with van der Waals surface area (Å²) in [5, 5.41) is 8.08. The molecule has 2 aromatic carbocycles. The summed E-state index contributed by atoms with van der Waals surface area (Å²) in [5.41, 5.74) is 3.82. The summed E-state index contributed by atoms with van der Waals surface area (Å²) in [7, 11) is 0. The molecule has 1 N–H and O–H groups in total. The molecule has 0 aliphatic heterocycles. The van der Waals surface area contributed by atoms with Gasteiger partial charge in [0.1, 0.15) is 11.4 Å². The van der Waals surface area contributed by atoms with Gasteiger partial charge in [-0.15, -0.1) is 0 Å². The zero-order chi connectivity index (χ0) is 17.9. The molecule has 0 saturated carbocycles. The lowest BCUT2D eigenvalue weighted by Crippen LogP contribution is -1.92. The first-order chi connectivity index (χ1) is 12.7. The zero-order valence-corrected chi connectivity index (χ0v) is 13.6. The fourth-order valence-corrected chi connectivity index (χ4v) is 2.71. The topological polar surface area (TPSA) is 41.6 Å². The number of nitrogens with zero attached hydrogens (tertiary/aromatic N) is 2. The molecule has 5 heteroatoms. The van der Waals surface area contributed by atoms with Crippen LogP contribution in [0.3, 0.4) is 0 Å². The highest BCUT2D eigenvalue weighted by Crippen LogP contribution is 2.20. The Morgan fingerprint density at radius 2 is 1.73 bits per heavy atom. The summed E-state index contributed by atoms with van der Waals surface area (Å²) in [5.74, 6) is 4.33. The molecular weight excluding hydrogens is 332 g/mol. The van der Waals surface area contributed by atoms with Crippen molar-refractivity contribution in [3.05, 3.63) is 94.9 Å². The molecule has 0 bridgehead atoms. The van der Waals surface area contributed by atoms with E-state index in [4.69, 9.17) is 0 Å². The Kier molecular flexibility index (Phi) is 4.16. The predicted molar refractivity (Wildman–Crippen MR) is 95.5 cm³/mol. The van der Waals surface area contributed by atoms with Gasteiger partial charge < -0.3 is 0 Å². The van der Waals surface area contributed by atoms with Crippen molar-refractivity contribution in [1.82, 2.24) is 15.2 Å². The predicted octanol–water partition coefficient (Wildman–Crippen LogP) is 4.23. The summed E-state index contributed by atoms with van der Waals surface area (Å²) in [6.07, 6.45) is 2.18. The van der Waals surface area contributed by atoms with E-state index >= 15 is 0 Å². The van der Waals surface area contributed by atoms with E-state index in [1.165, 1.54) is 6.07 Å². The average Bonchev–Trinajstić information content (AvgIpc) is 3.06. The molecule has 0 saturated heterocycles. The fraction of sp³-hybridized carbons (Fsp3) is 0.0476. The number of nitrogens with one attached hydrogen (secondary N) is 1. The lowest BCUT2D eigenvalue weighted by atomic mass is 10.0. The molecule has 0 aliphatic rings. The van der Waals surface area contributed by atoms with Crippen LogP contribution in [0.25, 0.3) is 10.9 Å². The van der Waals surface area contributed by atoms with Crippen LogP contribution < -0.4 is 0 Å². The first-order valence-electron chi connectivity index (χ1n) is 8.03. The number of hydrogen-bond donors (Lipinski definition) is 1. The van der Waals surface area contributed by atoms with Gasteiger partial charge in [-0.2, -0.15) is 5.10 Å². The van der Waals surface area contributed by atoms with E-state index in [0.29, 0.717) is 23.4 Å². The average molecular weight is 345 g/mol. The van der Waals surface area contributed by atoms with Crippen LogP contribution in [0.5, 0.6) is 0 Å². The van der Waals surface area contributed by atoms with Gasteiger partial charge in [0.05, 0.1) is 5.52 Å². The molecule has 3 nitrogen and oxygen atoms in total. The van der Waals surface area contributed by atoms with Crippen molar-refractivity contribution in [3.63, 3.8) is 0 Å². The highest BCUT2D eigenvalue weighted by Gasteiger charge is 2.07. The van der Waals surface area contributed by atoms with Gasteiger partial charge in [0.15, 0.2) is 11.6 Å². The number of rotatable bonds is 2. The number of aromatic amines is 1. The van der Waals surface area contributed by atoms with Crippen molar-refractivity contribution < 1.29 is 8.78 Å². The maximum Gasteiger partial charge on any atom is 0.159 e. The quantitative estimate of drug-likeness (QED) is 0.553. The van der Waals surface area contributed by atoms with E-state index in [1.54, 1.807) is 12.3 Å². The molecule has 26 heavy (non-hydrogen) atoms. The van der Waals surface area contributed by atoms with Gasteiger partial charge in [0.25, 0.3) is 0 Å². The zero-order valence-electron chi connectivity index (χ0n) is 13.6. The number of halogens is 2. The summed E-state index contributed by atoms with van der Waals surface area (Å²) < 4.78 is 26.5. The van der Waals surface area contributed by atoms with Crippen LogP contribution in [0.2, 0.25) is 0 Å². The highest BCUT2D eigenvalue weighted by atomic mass is 19.2. The Morgan fingerprint density at radius 3 is 2.54 bits per heavy atom. The van der Waals surface area contributed by atoms with E-state index in [2.05, 4.69) is 27.0 Å². The summed E-state index contributed by atoms with van der Waals surface area (Å²) in [4.78, 5) is 4.17. The van der Waals surface area contributed by atoms with Gasteiger partial charge in [-0.3, -0.25) is 5.10 Å². The van der Waals surface area contributed by atoms with E-state index in [9.17, 15) is 8.78 Å². The van der Waals surface area contributed by atoms with E-state index in [1.807, 2.05) is 36.4 Å². The van der Waals surface area contributed by atoms with E-state index in [-0.39, 0.29) is 0 Å². The fourth-order valence-electron chi connectivity index (χ4n) is 2.71. The molecule has 126 valence electrons. The Hall–Kier alpha value is -3.52. The molecule has 0 spiro atoms. The van der Waals surface area contributed by atoms with Gasteiger partial charge in [-0.05, 0) is 65.8 Å². The molecule has 0 unspecified atom stereocenters. The van der Waals surface area contributed by atoms with Gasteiger partial charge in [0, 0.05) is 11.6 Å². The Bertz CT molecular complexity index is 1140. The van der Waals surface area contributed by atoms with Crippen LogP contribution in [-0.4, -0.2) is 15.2 Å². The number of pyridine rings is 1. The maximum absolute atomic E-state index is 13.4. The minimum absolute atomic E-state index is 0.491. The molecule has 0 amide bonds. The number of hydrogen-bond acceptors (Lipinski definition) is 2. The number of benzene rings is 2. The van der Waals surface area contributed by atoms with Crippen molar-refractivity contribution in [3.8, 4) is 11.8 Å². The summed E-state index contributed by atoms with van der Waals surface area (Å²) in [6.45, 7) is 0. The Labute approximate surface area is 148 Å². The summed E-state index contributed by atoms with van der Waals surface area (Å²) >= 11 is 0. The number of aromatic nitrogens is 3. The number of fused-ring (bicyclic) bond motifs is 1. The Balaban J connectivity index is 1.66. The molecule has 4 rings (SSSR count). The van der Waals surface area contributed by atoms with Gasteiger partial charge >= 0.3 is 0 Å². The second kappa shape index (κ2) is 6.77. The maximum atomic E-state index is 13.4. The van der Waals surface area contributed by atoms with Gasteiger partial charge in [-0.1, -0.05) is 18.2 Å². The van der Waals surface area contributed by atoms with Crippen molar-refractivity contribution >= 4 is 10.9 Å². The van der Waals surface area contributed by atoms with E-state index < -0.39 is 11.6 Å². The molecule has 2 aromatic heterocycles. The lowest BCUT2D eigenvalue weighted by Gasteiger charge is -2.03. The third-order valence-corrected chi connectivity index (χ3v) is 3.99. The van der Waals surface area contributed by atoms with Crippen LogP contribution >= 0.6 is 0 Å². The van der Waals surface area contributed by atoms with Crippen molar-refractivity contribution in [2.24, 2.45) is 0 Å². The third kappa shape index (κ3) is 3.31. The minimum Gasteiger partial charge on any atom is -0.277 e. The first kappa shape index (κ1) is 16.0. The van der Waals surface area contributed by atoms with Gasteiger partial charge in [-0.25, -0.2) is 13.8 Å². The second-order valence-electron chi connectivity index (χ2n) is 5.84. The monoisotopic (exact) mass is 345 g/mol. The second-order valence-corrected chi connectivity index (χ2v) is 5.84. The number of H-pyrrole nitrogens is 1. The lowest BCUT2D eigenvalue weighted by molar-refractivity contribution is 0.507. The van der Waals surface area contributed by atoms with Crippen LogP contribution in [0.4, 0.5) is 8.78 Å².